The molecule has 3 aromatic rings. The van der Waals surface area contributed by atoms with E-state index in [0.29, 0.717) is 11.6 Å². The van der Waals surface area contributed by atoms with Crippen molar-refractivity contribution in [1.82, 2.24) is 24.2 Å². The van der Waals surface area contributed by atoms with Gasteiger partial charge in [-0.1, -0.05) is 0 Å². The molecule has 0 aliphatic carbocycles. The highest BCUT2D eigenvalue weighted by Gasteiger charge is 2.18. The maximum atomic E-state index is 12.5. The largest absolute Gasteiger partial charge is 0.496 e. The Hall–Kier alpha value is -3.51. The third-order valence-electron chi connectivity index (χ3n) is 4.62. The summed E-state index contributed by atoms with van der Waals surface area (Å²) in [6.45, 7) is 4.21. The highest BCUT2D eigenvalue weighted by Crippen LogP contribution is 2.22. The predicted octanol–water partition coefficient (Wildman–Crippen LogP) is 0.777. The van der Waals surface area contributed by atoms with E-state index in [1.54, 1.807) is 12.4 Å². The summed E-state index contributed by atoms with van der Waals surface area (Å²) in [6.07, 6.45) is 3.10. The smallest absolute Gasteiger partial charge is 0.252 e. The van der Waals surface area contributed by atoms with Crippen LogP contribution in [0.25, 0.3) is 5.82 Å². The van der Waals surface area contributed by atoms with Crippen molar-refractivity contribution in [2.45, 2.75) is 18.7 Å². The Morgan fingerprint density at radius 2 is 1.94 bits per heavy atom. The molecule has 0 bridgehead atoms. The molecule has 1 aromatic carbocycles. The zero-order chi connectivity index (χ0) is 22.6. The molecule has 11 nitrogen and oxygen atoms in total. The third kappa shape index (κ3) is 4.98. The number of imidazole rings is 1. The first-order valence-electron chi connectivity index (χ1n) is 9.27. The lowest BCUT2D eigenvalue weighted by molar-refractivity contribution is 0.0997. The molecule has 2 aromatic heterocycles. The number of carbonyl (C=O) groups is 1. The number of hydrogen-bond donors (Lipinski definition) is 3. The van der Waals surface area contributed by atoms with Gasteiger partial charge in [-0.15, -0.1) is 0 Å². The maximum absolute atomic E-state index is 12.5. The third-order valence-corrected chi connectivity index (χ3v) is 6.08. The van der Waals surface area contributed by atoms with Crippen molar-refractivity contribution in [2.24, 2.45) is 5.73 Å². The Morgan fingerprint density at radius 3 is 2.58 bits per heavy atom. The standard InChI is InChI=1S/C19H23N7O4S/c1-12-13(2)26(11-24-12)18-9-17(22-10-23-18)21-6-7-25-31(28,29)14-4-5-16(30-3)15(8-14)19(20)27/h4-5,8-11,25H,6-7H2,1-3H3,(H2,20,27)(H,21,22,23). The number of benzene rings is 1. The highest BCUT2D eigenvalue weighted by molar-refractivity contribution is 7.89. The zero-order valence-corrected chi connectivity index (χ0v) is 18.1. The summed E-state index contributed by atoms with van der Waals surface area (Å²) < 4.78 is 34.4. The molecule has 0 radical (unpaired) electrons. The Labute approximate surface area is 179 Å². The molecule has 31 heavy (non-hydrogen) atoms. The average Bonchev–Trinajstić information content (AvgIpc) is 3.09. The van der Waals surface area contributed by atoms with E-state index < -0.39 is 15.9 Å². The summed E-state index contributed by atoms with van der Waals surface area (Å²) in [5.74, 6) is 0.610. The fraction of sp³-hybridized carbons (Fsp3) is 0.263. The van der Waals surface area contributed by atoms with Crippen molar-refractivity contribution in [3.63, 3.8) is 0 Å². The van der Waals surface area contributed by atoms with Crippen LogP contribution in [-0.4, -0.2) is 54.0 Å². The van der Waals surface area contributed by atoms with Gasteiger partial charge in [0.05, 0.1) is 23.3 Å². The first-order valence-corrected chi connectivity index (χ1v) is 10.8. The SMILES string of the molecule is COc1ccc(S(=O)(=O)NCCNc2cc(-n3cnc(C)c3C)ncn2)cc1C(N)=O. The Balaban J connectivity index is 1.63. The molecule has 0 saturated heterocycles. The number of carbonyl (C=O) groups excluding carboxylic acids is 1. The van der Waals surface area contributed by atoms with E-state index in [4.69, 9.17) is 10.5 Å². The molecule has 0 aliphatic rings. The molecule has 0 fully saturated rings. The van der Waals surface area contributed by atoms with Crippen LogP contribution in [0.4, 0.5) is 5.82 Å². The van der Waals surface area contributed by atoms with E-state index in [-0.39, 0.29) is 29.3 Å². The molecule has 0 atom stereocenters. The number of nitrogens with two attached hydrogens (primary N) is 1. The first-order chi connectivity index (χ1) is 14.7. The second kappa shape index (κ2) is 9.10. The summed E-state index contributed by atoms with van der Waals surface area (Å²) in [5, 5.41) is 3.05. The topological polar surface area (TPSA) is 154 Å². The second-order valence-corrected chi connectivity index (χ2v) is 8.36. The molecule has 0 spiro atoms. The molecule has 164 valence electrons. The predicted molar refractivity (Wildman–Crippen MR) is 114 cm³/mol. The van der Waals surface area contributed by atoms with Crippen LogP contribution in [0.15, 0.2) is 41.8 Å². The number of nitrogens with zero attached hydrogens (tertiary/aromatic N) is 4. The van der Waals surface area contributed by atoms with Gasteiger partial charge in [-0.3, -0.25) is 9.36 Å². The minimum atomic E-state index is -3.85. The molecule has 3 rings (SSSR count). The van der Waals surface area contributed by atoms with E-state index in [0.717, 1.165) is 11.4 Å². The van der Waals surface area contributed by atoms with Crippen LogP contribution in [-0.2, 0) is 10.0 Å². The second-order valence-electron chi connectivity index (χ2n) is 6.60. The van der Waals surface area contributed by atoms with Gasteiger partial charge in [0.25, 0.3) is 5.91 Å². The van der Waals surface area contributed by atoms with E-state index in [9.17, 15) is 13.2 Å². The molecule has 0 unspecified atom stereocenters. The van der Waals surface area contributed by atoms with Crippen molar-refractivity contribution in [3.05, 3.63) is 53.9 Å². The number of amides is 1. The number of nitrogens with one attached hydrogen (secondary N) is 2. The van der Waals surface area contributed by atoms with Gasteiger partial charge in [-0.2, -0.15) is 0 Å². The minimum Gasteiger partial charge on any atom is -0.496 e. The van der Waals surface area contributed by atoms with Gasteiger partial charge < -0.3 is 15.8 Å². The quantitative estimate of drug-likeness (QED) is 0.408. The molecule has 0 aliphatic heterocycles. The lowest BCUT2D eigenvalue weighted by Crippen LogP contribution is -2.29. The number of methoxy groups -OCH3 is 1. The Bertz CT molecular complexity index is 1210. The number of sulfonamides is 1. The van der Waals surface area contributed by atoms with Gasteiger partial charge in [0, 0.05) is 24.8 Å². The van der Waals surface area contributed by atoms with Gasteiger partial charge in [0.15, 0.2) is 0 Å². The summed E-state index contributed by atoms with van der Waals surface area (Å²) in [6, 6.07) is 5.65. The molecule has 0 saturated carbocycles. The van der Waals surface area contributed by atoms with Crippen LogP contribution in [0, 0.1) is 13.8 Å². The fourth-order valence-electron chi connectivity index (χ4n) is 2.81. The van der Waals surface area contributed by atoms with E-state index in [1.807, 2.05) is 18.4 Å². The van der Waals surface area contributed by atoms with Crippen LogP contribution in [0.3, 0.4) is 0 Å². The fourth-order valence-corrected chi connectivity index (χ4v) is 3.87. The van der Waals surface area contributed by atoms with Gasteiger partial charge >= 0.3 is 0 Å². The lowest BCUT2D eigenvalue weighted by atomic mass is 10.2. The maximum Gasteiger partial charge on any atom is 0.252 e. The molecule has 1 amide bonds. The lowest BCUT2D eigenvalue weighted by Gasteiger charge is -2.11. The van der Waals surface area contributed by atoms with Crippen LogP contribution in [0.5, 0.6) is 5.75 Å². The first kappa shape index (κ1) is 22.2. The van der Waals surface area contributed by atoms with Gasteiger partial charge in [0.1, 0.15) is 30.0 Å². The van der Waals surface area contributed by atoms with Crippen LogP contribution >= 0.6 is 0 Å². The summed E-state index contributed by atoms with van der Waals surface area (Å²) in [5.41, 5.74) is 7.15. The number of anilines is 1. The Kier molecular flexibility index (Phi) is 6.51. The van der Waals surface area contributed by atoms with Crippen molar-refractivity contribution in [2.75, 3.05) is 25.5 Å². The normalized spacial score (nSPS) is 11.3. The van der Waals surface area contributed by atoms with E-state index >= 15 is 0 Å². The van der Waals surface area contributed by atoms with E-state index in [1.165, 1.54) is 31.6 Å². The molecular formula is C19H23N7O4S. The van der Waals surface area contributed by atoms with Gasteiger partial charge in [0.2, 0.25) is 10.0 Å². The zero-order valence-electron chi connectivity index (χ0n) is 17.3. The molecule has 4 N–H and O–H groups in total. The molecule has 2 heterocycles. The van der Waals surface area contributed by atoms with Crippen molar-refractivity contribution < 1.29 is 17.9 Å². The molecule has 12 heteroatoms. The number of aryl methyl sites for hydroxylation is 1. The monoisotopic (exact) mass is 445 g/mol. The van der Waals surface area contributed by atoms with Crippen LogP contribution in [0.1, 0.15) is 21.7 Å². The highest BCUT2D eigenvalue weighted by atomic mass is 32.2. The van der Waals surface area contributed by atoms with Crippen molar-refractivity contribution in [1.29, 1.82) is 0 Å². The van der Waals surface area contributed by atoms with Crippen molar-refractivity contribution in [3.8, 4) is 11.6 Å². The average molecular weight is 446 g/mol. The number of aromatic nitrogens is 4. The minimum absolute atomic E-state index is 0.0120. The number of ether oxygens (including phenoxy) is 1. The summed E-state index contributed by atoms with van der Waals surface area (Å²) in [7, 11) is -2.48. The van der Waals surface area contributed by atoms with Crippen molar-refractivity contribution >= 4 is 21.7 Å². The van der Waals surface area contributed by atoms with Gasteiger partial charge in [-0.25, -0.2) is 28.1 Å². The van der Waals surface area contributed by atoms with Crippen LogP contribution in [0.2, 0.25) is 0 Å². The number of rotatable bonds is 9. The van der Waals surface area contributed by atoms with E-state index in [2.05, 4.69) is 25.0 Å². The number of hydrogen-bond acceptors (Lipinski definition) is 8. The number of primary amides is 1. The van der Waals surface area contributed by atoms with Gasteiger partial charge in [-0.05, 0) is 32.0 Å². The summed E-state index contributed by atoms with van der Waals surface area (Å²) in [4.78, 5) is 24.1. The molecular weight excluding hydrogens is 422 g/mol. The van der Waals surface area contributed by atoms with Crippen LogP contribution < -0.4 is 20.5 Å². The Morgan fingerprint density at radius 1 is 1.16 bits per heavy atom. The summed E-state index contributed by atoms with van der Waals surface area (Å²) >= 11 is 0.